The lowest BCUT2D eigenvalue weighted by molar-refractivity contribution is -0.124. The summed E-state index contributed by atoms with van der Waals surface area (Å²) < 4.78 is 5.47. The number of nitrogens with zero attached hydrogens (tertiary/aromatic N) is 1. The van der Waals surface area contributed by atoms with Gasteiger partial charge in [0.05, 0.1) is 18.6 Å². The Bertz CT molecular complexity index is 534. The van der Waals surface area contributed by atoms with Crippen molar-refractivity contribution in [2.45, 2.75) is 44.6 Å². The minimum Gasteiger partial charge on any atom is -0.379 e. The van der Waals surface area contributed by atoms with Crippen LogP contribution >= 0.6 is 0 Å². The number of hydrogen-bond acceptors (Lipinski definition) is 3. The molecule has 2 aliphatic rings. The van der Waals surface area contributed by atoms with Crippen LogP contribution in [-0.4, -0.2) is 49.7 Å². The van der Waals surface area contributed by atoms with Gasteiger partial charge >= 0.3 is 0 Å². The third kappa shape index (κ3) is 3.98. The Morgan fingerprint density at radius 3 is 2.46 bits per heavy atom. The maximum absolute atomic E-state index is 12.8. The monoisotopic (exact) mass is 330 g/mol. The van der Waals surface area contributed by atoms with E-state index in [9.17, 15) is 4.79 Å². The van der Waals surface area contributed by atoms with Crippen molar-refractivity contribution < 1.29 is 9.53 Å². The first-order chi connectivity index (χ1) is 11.6. The first kappa shape index (κ1) is 17.4. The summed E-state index contributed by atoms with van der Waals surface area (Å²) in [5, 5.41) is 3.27. The number of benzene rings is 1. The van der Waals surface area contributed by atoms with Gasteiger partial charge in [-0.2, -0.15) is 0 Å². The van der Waals surface area contributed by atoms with Crippen LogP contribution in [0, 0.1) is 5.92 Å². The molecule has 0 aromatic heterocycles. The summed E-state index contributed by atoms with van der Waals surface area (Å²) in [5.41, 5.74) is 0.892. The molecule has 1 aliphatic heterocycles. The number of carbonyl (C=O) groups is 1. The van der Waals surface area contributed by atoms with Gasteiger partial charge < -0.3 is 10.1 Å². The van der Waals surface area contributed by atoms with Gasteiger partial charge in [-0.1, -0.05) is 44.2 Å². The van der Waals surface area contributed by atoms with Crippen molar-refractivity contribution in [2.75, 3.05) is 32.8 Å². The third-order valence-corrected chi connectivity index (χ3v) is 5.31. The molecule has 1 saturated heterocycles. The lowest BCUT2D eigenvalue weighted by Crippen LogP contribution is -2.50. The van der Waals surface area contributed by atoms with E-state index in [1.54, 1.807) is 0 Å². The molecule has 1 amide bonds. The van der Waals surface area contributed by atoms with E-state index in [4.69, 9.17) is 4.74 Å². The Morgan fingerprint density at radius 1 is 1.21 bits per heavy atom. The van der Waals surface area contributed by atoms with Gasteiger partial charge in [-0.15, -0.1) is 0 Å². The number of ether oxygens (including phenoxy) is 1. The van der Waals surface area contributed by atoms with E-state index in [1.807, 2.05) is 18.2 Å². The molecule has 1 aromatic carbocycles. The van der Waals surface area contributed by atoms with E-state index in [2.05, 4.69) is 36.2 Å². The van der Waals surface area contributed by atoms with Gasteiger partial charge in [0.1, 0.15) is 0 Å². The normalized spacial score (nSPS) is 21.5. The first-order valence-corrected chi connectivity index (χ1v) is 9.27. The van der Waals surface area contributed by atoms with E-state index in [-0.39, 0.29) is 11.3 Å². The Kier molecular flexibility index (Phi) is 5.57. The SMILES string of the molecule is CC(C)CC(CNC(=O)C1(c2ccccc2)CC1)N1CCOCC1. The van der Waals surface area contributed by atoms with Crippen molar-refractivity contribution in [3.63, 3.8) is 0 Å². The van der Waals surface area contributed by atoms with E-state index in [1.165, 1.54) is 0 Å². The lowest BCUT2D eigenvalue weighted by Gasteiger charge is -2.35. The third-order valence-electron chi connectivity index (χ3n) is 5.31. The van der Waals surface area contributed by atoms with Crippen molar-refractivity contribution in [2.24, 2.45) is 5.92 Å². The minimum absolute atomic E-state index is 0.204. The average molecular weight is 330 g/mol. The molecule has 4 nitrogen and oxygen atoms in total. The van der Waals surface area contributed by atoms with Gasteiger partial charge in [-0.05, 0) is 30.7 Å². The Balaban J connectivity index is 1.60. The van der Waals surface area contributed by atoms with Crippen LogP contribution in [0.3, 0.4) is 0 Å². The molecule has 1 atom stereocenters. The highest BCUT2D eigenvalue weighted by atomic mass is 16.5. The molecule has 3 rings (SSSR count). The first-order valence-electron chi connectivity index (χ1n) is 9.27. The summed E-state index contributed by atoms with van der Waals surface area (Å²) in [5.74, 6) is 0.828. The fourth-order valence-electron chi connectivity index (χ4n) is 3.76. The van der Waals surface area contributed by atoms with Crippen molar-refractivity contribution in [1.29, 1.82) is 0 Å². The summed E-state index contributed by atoms with van der Waals surface area (Å²) in [6.07, 6.45) is 3.04. The fourth-order valence-corrected chi connectivity index (χ4v) is 3.76. The van der Waals surface area contributed by atoms with Crippen molar-refractivity contribution in [3.05, 3.63) is 35.9 Å². The van der Waals surface area contributed by atoms with Crippen LogP contribution in [0.2, 0.25) is 0 Å². The second-order valence-electron chi connectivity index (χ2n) is 7.59. The number of amides is 1. The van der Waals surface area contributed by atoms with Gasteiger partial charge in [0.2, 0.25) is 5.91 Å². The molecule has 1 heterocycles. The quantitative estimate of drug-likeness (QED) is 0.835. The molecular weight excluding hydrogens is 300 g/mol. The van der Waals surface area contributed by atoms with E-state index >= 15 is 0 Å². The lowest BCUT2D eigenvalue weighted by atomic mass is 9.94. The maximum atomic E-state index is 12.8. The van der Waals surface area contributed by atoms with Crippen LogP contribution in [0.25, 0.3) is 0 Å². The number of carbonyl (C=O) groups excluding carboxylic acids is 1. The van der Waals surface area contributed by atoms with Crippen LogP contribution in [-0.2, 0) is 14.9 Å². The second-order valence-corrected chi connectivity index (χ2v) is 7.59. The Labute approximate surface area is 145 Å². The standard InChI is InChI=1S/C20H30N2O2/c1-16(2)14-18(22-10-12-24-13-11-22)15-21-19(23)20(8-9-20)17-6-4-3-5-7-17/h3-7,16,18H,8-15H2,1-2H3,(H,21,23). The summed E-state index contributed by atoms with van der Waals surface area (Å²) in [6.45, 7) is 8.79. The predicted molar refractivity (Wildman–Crippen MR) is 96.0 cm³/mol. The van der Waals surface area contributed by atoms with Crippen LogP contribution in [0.4, 0.5) is 0 Å². The smallest absolute Gasteiger partial charge is 0.230 e. The zero-order chi connectivity index (χ0) is 17.0. The molecule has 1 aromatic rings. The highest BCUT2D eigenvalue weighted by Crippen LogP contribution is 2.48. The van der Waals surface area contributed by atoms with Crippen molar-refractivity contribution >= 4 is 5.91 Å². The summed E-state index contributed by atoms with van der Waals surface area (Å²) >= 11 is 0. The van der Waals surface area contributed by atoms with Gasteiger partial charge in [0.25, 0.3) is 0 Å². The molecule has 1 unspecified atom stereocenters. The summed E-state index contributed by atoms with van der Waals surface area (Å²) in [7, 11) is 0. The molecule has 0 spiro atoms. The molecule has 132 valence electrons. The zero-order valence-electron chi connectivity index (χ0n) is 15.0. The number of morpholine rings is 1. The largest absolute Gasteiger partial charge is 0.379 e. The van der Waals surface area contributed by atoms with Crippen LogP contribution < -0.4 is 5.32 Å². The topological polar surface area (TPSA) is 41.6 Å². The molecule has 0 radical (unpaired) electrons. The fraction of sp³-hybridized carbons (Fsp3) is 0.650. The van der Waals surface area contributed by atoms with Crippen LogP contribution in [0.5, 0.6) is 0 Å². The summed E-state index contributed by atoms with van der Waals surface area (Å²) in [4.78, 5) is 15.3. The van der Waals surface area contributed by atoms with Gasteiger partial charge in [0.15, 0.2) is 0 Å². The number of nitrogens with one attached hydrogen (secondary N) is 1. The average Bonchev–Trinajstić information content (AvgIpc) is 3.41. The number of rotatable bonds is 7. The predicted octanol–water partition coefficient (Wildman–Crippen LogP) is 2.58. The van der Waals surface area contributed by atoms with Crippen molar-refractivity contribution in [1.82, 2.24) is 10.2 Å². The van der Waals surface area contributed by atoms with Crippen LogP contribution in [0.15, 0.2) is 30.3 Å². The molecule has 1 aliphatic carbocycles. The van der Waals surface area contributed by atoms with E-state index in [0.717, 1.165) is 57.7 Å². The Hall–Kier alpha value is -1.39. The molecule has 0 bridgehead atoms. The van der Waals surface area contributed by atoms with Gasteiger partial charge in [0, 0.05) is 25.7 Å². The summed E-state index contributed by atoms with van der Waals surface area (Å²) in [6, 6.07) is 10.6. The van der Waals surface area contributed by atoms with E-state index in [0.29, 0.717) is 12.0 Å². The molecule has 4 heteroatoms. The molecule has 1 saturated carbocycles. The maximum Gasteiger partial charge on any atom is 0.230 e. The molecular formula is C20H30N2O2. The molecule has 1 N–H and O–H groups in total. The zero-order valence-corrected chi connectivity index (χ0v) is 15.0. The number of hydrogen-bond donors (Lipinski definition) is 1. The highest BCUT2D eigenvalue weighted by Gasteiger charge is 2.51. The highest BCUT2D eigenvalue weighted by molar-refractivity contribution is 5.91. The minimum atomic E-state index is -0.269. The van der Waals surface area contributed by atoms with Gasteiger partial charge in [-0.3, -0.25) is 9.69 Å². The van der Waals surface area contributed by atoms with Crippen molar-refractivity contribution in [3.8, 4) is 0 Å². The Morgan fingerprint density at radius 2 is 1.88 bits per heavy atom. The second kappa shape index (κ2) is 7.66. The molecule has 2 fully saturated rings. The van der Waals surface area contributed by atoms with Crippen LogP contribution in [0.1, 0.15) is 38.7 Å². The van der Waals surface area contributed by atoms with Gasteiger partial charge in [-0.25, -0.2) is 0 Å². The molecule has 24 heavy (non-hydrogen) atoms. The van der Waals surface area contributed by atoms with E-state index < -0.39 is 0 Å².